The third-order valence-corrected chi connectivity index (χ3v) is 4.28. The Kier molecular flexibility index (Phi) is 3.11. The molecule has 0 heterocycles. The van der Waals surface area contributed by atoms with E-state index >= 15 is 0 Å². The minimum absolute atomic E-state index is 0.203. The van der Waals surface area contributed by atoms with Gasteiger partial charge in [-0.15, -0.1) is 0 Å². The molecule has 0 amide bonds. The van der Waals surface area contributed by atoms with E-state index in [0.29, 0.717) is 17.6 Å². The normalized spacial score (nSPS) is 23.5. The van der Waals surface area contributed by atoms with E-state index in [9.17, 15) is 4.79 Å². The highest BCUT2D eigenvalue weighted by atomic mass is 16.1. The maximum Gasteiger partial charge on any atom is 0.166 e. The molecule has 1 heteroatoms. The minimum Gasteiger partial charge on any atom is -0.294 e. The zero-order valence-corrected chi connectivity index (χ0v) is 11.3. The fraction of sp³-hybridized carbons (Fsp3) is 0.562. The molecule has 1 aromatic rings. The second kappa shape index (κ2) is 4.29. The second-order valence-corrected chi connectivity index (χ2v) is 6.00. The Morgan fingerprint density at radius 3 is 2.24 bits per heavy atom. The molecule has 1 saturated carbocycles. The SMILES string of the molecule is CCC(C)(C)c1ccc(C(=O)C2CC2C)cc1. The first kappa shape index (κ1) is 12.3. The highest BCUT2D eigenvalue weighted by Crippen LogP contribution is 2.40. The van der Waals surface area contributed by atoms with Gasteiger partial charge in [0, 0.05) is 11.5 Å². The van der Waals surface area contributed by atoms with Crippen LogP contribution in [-0.4, -0.2) is 5.78 Å². The number of carbonyl (C=O) groups is 1. The molecule has 0 radical (unpaired) electrons. The molecule has 1 aromatic carbocycles. The van der Waals surface area contributed by atoms with Gasteiger partial charge in [0.2, 0.25) is 0 Å². The van der Waals surface area contributed by atoms with Crippen LogP contribution in [0.15, 0.2) is 24.3 Å². The van der Waals surface area contributed by atoms with E-state index in [4.69, 9.17) is 0 Å². The molecule has 17 heavy (non-hydrogen) atoms. The fourth-order valence-corrected chi connectivity index (χ4v) is 2.19. The first-order valence-electron chi connectivity index (χ1n) is 6.60. The Morgan fingerprint density at radius 2 is 1.82 bits per heavy atom. The van der Waals surface area contributed by atoms with Gasteiger partial charge in [-0.25, -0.2) is 0 Å². The average Bonchev–Trinajstić information content (AvgIpc) is 3.05. The van der Waals surface area contributed by atoms with E-state index in [1.54, 1.807) is 0 Å². The van der Waals surface area contributed by atoms with Crippen LogP contribution in [0.5, 0.6) is 0 Å². The second-order valence-electron chi connectivity index (χ2n) is 6.00. The van der Waals surface area contributed by atoms with Crippen LogP contribution in [0.25, 0.3) is 0 Å². The summed E-state index contributed by atoms with van der Waals surface area (Å²) in [6.07, 6.45) is 2.18. The zero-order chi connectivity index (χ0) is 12.6. The van der Waals surface area contributed by atoms with Gasteiger partial charge >= 0.3 is 0 Å². The molecular formula is C16H22O. The maximum absolute atomic E-state index is 12.0. The van der Waals surface area contributed by atoms with Crippen molar-refractivity contribution in [3.8, 4) is 0 Å². The monoisotopic (exact) mass is 230 g/mol. The van der Waals surface area contributed by atoms with Crippen LogP contribution in [0.1, 0.15) is 56.5 Å². The van der Waals surface area contributed by atoms with Gasteiger partial charge in [-0.1, -0.05) is 52.0 Å². The summed E-state index contributed by atoms with van der Waals surface area (Å²) in [5, 5.41) is 0. The molecule has 2 atom stereocenters. The lowest BCUT2D eigenvalue weighted by atomic mass is 9.82. The van der Waals surface area contributed by atoms with E-state index in [1.165, 1.54) is 5.56 Å². The van der Waals surface area contributed by atoms with E-state index in [0.717, 1.165) is 18.4 Å². The van der Waals surface area contributed by atoms with Gasteiger partial charge in [0.1, 0.15) is 0 Å². The van der Waals surface area contributed by atoms with E-state index in [1.807, 2.05) is 12.1 Å². The highest BCUT2D eigenvalue weighted by Gasteiger charge is 2.39. The van der Waals surface area contributed by atoms with Crippen molar-refractivity contribution in [3.63, 3.8) is 0 Å². The van der Waals surface area contributed by atoms with Crippen molar-refractivity contribution in [2.24, 2.45) is 11.8 Å². The minimum atomic E-state index is 0.203. The zero-order valence-electron chi connectivity index (χ0n) is 11.3. The largest absolute Gasteiger partial charge is 0.294 e. The fourth-order valence-electron chi connectivity index (χ4n) is 2.19. The van der Waals surface area contributed by atoms with Crippen molar-refractivity contribution in [2.45, 2.75) is 46.0 Å². The maximum atomic E-state index is 12.0. The van der Waals surface area contributed by atoms with E-state index < -0.39 is 0 Å². The summed E-state index contributed by atoms with van der Waals surface area (Å²) in [6, 6.07) is 8.23. The van der Waals surface area contributed by atoms with Crippen LogP contribution in [-0.2, 0) is 5.41 Å². The van der Waals surface area contributed by atoms with Crippen LogP contribution in [0.4, 0.5) is 0 Å². The van der Waals surface area contributed by atoms with E-state index in [-0.39, 0.29) is 5.41 Å². The van der Waals surface area contributed by atoms with Crippen molar-refractivity contribution in [1.29, 1.82) is 0 Å². The molecule has 1 fully saturated rings. The van der Waals surface area contributed by atoms with Gasteiger partial charge in [0.15, 0.2) is 5.78 Å². The van der Waals surface area contributed by atoms with Gasteiger partial charge < -0.3 is 0 Å². The molecule has 0 saturated heterocycles. The first-order chi connectivity index (χ1) is 7.95. The van der Waals surface area contributed by atoms with Crippen molar-refractivity contribution < 1.29 is 4.79 Å². The lowest BCUT2D eigenvalue weighted by Crippen LogP contribution is -2.15. The topological polar surface area (TPSA) is 17.1 Å². The summed E-state index contributed by atoms with van der Waals surface area (Å²) < 4.78 is 0. The van der Waals surface area contributed by atoms with Gasteiger partial charge in [-0.3, -0.25) is 4.79 Å². The number of carbonyl (C=O) groups excluding carboxylic acids is 1. The average molecular weight is 230 g/mol. The third kappa shape index (κ3) is 2.43. The van der Waals surface area contributed by atoms with Crippen molar-refractivity contribution in [1.82, 2.24) is 0 Å². The summed E-state index contributed by atoms with van der Waals surface area (Å²) in [5.74, 6) is 1.22. The Bertz CT molecular complexity index is 414. The number of benzene rings is 1. The summed E-state index contributed by atoms with van der Waals surface area (Å²) in [6.45, 7) is 8.83. The number of ketones is 1. The number of Topliss-reactive ketones (excluding diaryl/α,β-unsaturated/α-hetero) is 1. The van der Waals surface area contributed by atoms with Crippen molar-refractivity contribution in [2.75, 3.05) is 0 Å². The van der Waals surface area contributed by atoms with Gasteiger partial charge in [0.25, 0.3) is 0 Å². The summed E-state index contributed by atoms with van der Waals surface area (Å²) in [7, 11) is 0. The molecule has 0 bridgehead atoms. The molecular weight excluding hydrogens is 208 g/mol. The Hall–Kier alpha value is -1.11. The summed E-state index contributed by atoms with van der Waals surface area (Å²) in [4.78, 5) is 12.0. The van der Waals surface area contributed by atoms with Crippen molar-refractivity contribution in [3.05, 3.63) is 35.4 Å². The quantitative estimate of drug-likeness (QED) is 0.708. The molecule has 1 aliphatic rings. The van der Waals surface area contributed by atoms with E-state index in [2.05, 4.69) is 39.8 Å². The van der Waals surface area contributed by atoms with Crippen LogP contribution in [0.3, 0.4) is 0 Å². The van der Waals surface area contributed by atoms with Crippen LogP contribution in [0, 0.1) is 11.8 Å². The van der Waals surface area contributed by atoms with Gasteiger partial charge in [0.05, 0.1) is 0 Å². The Balaban J connectivity index is 2.16. The third-order valence-electron chi connectivity index (χ3n) is 4.28. The lowest BCUT2D eigenvalue weighted by molar-refractivity contribution is 0.0962. The van der Waals surface area contributed by atoms with Gasteiger partial charge in [-0.2, -0.15) is 0 Å². The van der Waals surface area contributed by atoms with Gasteiger partial charge in [-0.05, 0) is 29.7 Å². The molecule has 92 valence electrons. The molecule has 2 unspecified atom stereocenters. The Labute approximate surface area is 104 Å². The van der Waals surface area contributed by atoms with Crippen LogP contribution >= 0.6 is 0 Å². The smallest absolute Gasteiger partial charge is 0.166 e. The predicted octanol–water partition coefficient (Wildman–Crippen LogP) is 4.21. The standard InChI is InChI=1S/C16H22O/c1-5-16(3,4)13-8-6-12(7-9-13)15(17)14-10-11(14)2/h6-9,11,14H,5,10H2,1-4H3. The number of hydrogen-bond donors (Lipinski definition) is 0. The predicted molar refractivity (Wildman–Crippen MR) is 71.4 cm³/mol. The number of hydrogen-bond acceptors (Lipinski definition) is 1. The molecule has 1 aliphatic carbocycles. The molecule has 0 N–H and O–H groups in total. The van der Waals surface area contributed by atoms with Crippen LogP contribution in [0.2, 0.25) is 0 Å². The molecule has 1 nitrogen and oxygen atoms in total. The summed E-state index contributed by atoms with van der Waals surface area (Å²) in [5.41, 5.74) is 2.41. The molecule has 0 aliphatic heterocycles. The molecule has 0 aromatic heterocycles. The Morgan fingerprint density at radius 1 is 1.29 bits per heavy atom. The summed E-state index contributed by atoms with van der Waals surface area (Å²) >= 11 is 0. The number of rotatable bonds is 4. The molecule has 0 spiro atoms. The van der Waals surface area contributed by atoms with Crippen molar-refractivity contribution >= 4 is 5.78 Å². The first-order valence-corrected chi connectivity index (χ1v) is 6.60. The highest BCUT2D eigenvalue weighted by molar-refractivity contribution is 5.99. The lowest BCUT2D eigenvalue weighted by Gasteiger charge is -2.23. The van der Waals surface area contributed by atoms with Crippen LogP contribution < -0.4 is 0 Å². The molecule has 2 rings (SSSR count).